The van der Waals surface area contributed by atoms with Crippen molar-refractivity contribution < 1.29 is 4.79 Å². The van der Waals surface area contributed by atoms with Crippen LogP contribution in [0.2, 0.25) is 0 Å². The van der Waals surface area contributed by atoms with Gasteiger partial charge in [0, 0.05) is 55.4 Å². The molecule has 1 aromatic carbocycles. The number of carbonyl (C=O) groups excluding carboxylic acids is 1. The molecule has 0 bridgehead atoms. The van der Waals surface area contributed by atoms with Gasteiger partial charge < -0.3 is 5.32 Å². The summed E-state index contributed by atoms with van der Waals surface area (Å²) in [5, 5.41) is 7.13. The molecule has 0 unspecified atom stereocenters. The van der Waals surface area contributed by atoms with Gasteiger partial charge in [0.1, 0.15) is 0 Å². The van der Waals surface area contributed by atoms with Crippen LogP contribution in [0.5, 0.6) is 0 Å². The molecule has 7 heteroatoms. The summed E-state index contributed by atoms with van der Waals surface area (Å²) in [6.45, 7) is 5.28. The molecule has 1 saturated heterocycles. The van der Waals surface area contributed by atoms with Crippen molar-refractivity contribution in [3.8, 4) is 5.82 Å². The van der Waals surface area contributed by atoms with Crippen LogP contribution in [-0.2, 0) is 6.54 Å². The maximum Gasteiger partial charge on any atom is 0.257 e. The van der Waals surface area contributed by atoms with Gasteiger partial charge in [0.15, 0.2) is 5.82 Å². The number of anilines is 1. The zero-order valence-corrected chi connectivity index (χ0v) is 16.7. The first kappa shape index (κ1) is 18.7. The van der Waals surface area contributed by atoms with E-state index in [1.165, 1.54) is 17.1 Å². The predicted molar refractivity (Wildman–Crippen MR) is 113 cm³/mol. The lowest BCUT2D eigenvalue weighted by Gasteiger charge is -2.26. The minimum absolute atomic E-state index is 0.163. The molecule has 3 heterocycles. The van der Waals surface area contributed by atoms with Crippen molar-refractivity contribution in [2.24, 2.45) is 0 Å². The molecule has 4 rings (SSSR count). The van der Waals surface area contributed by atoms with E-state index in [0.717, 1.165) is 30.9 Å². The number of amides is 1. The van der Waals surface area contributed by atoms with Crippen molar-refractivity contribution in [3.63, 3.8) is 0 Å². The second kappa shape index (κ2) is 8.58. The minimum atomic E-state index is -0.163. The Morgan fingerprint density at radius 1 is 1.21 bits per heavy atom. The SMILES string of the molecule is Cc1cc(CN2CCSCC2)ccc1NC(=O)c1ccc(-n2cccn2)nc1. The molecule has 1 amide bonds. The van der Waals surface area contributed by atoms with Gasteiger partial charge in [-0.1, -0.05) is 12.1 Å². The zero-order valence-electron chi connectivity index (χ0n) is 15.8. The van der Waals surface area contributed by atoms with Crippen molar-refractivity contribution >= 4 is 23.4 Å². The van der Waals surface area contributed by atoms with E-state index >= 15 is 0 Å². The average Bonchev–Trinajstić information content (AvgIpc) is 3.26. The van der Waals surface area contributed by atoms with Crippen LogP contribution < -0.4 is 5.32 Å². The van der Waals surface area contributed by atoms with Gasteiger partial charge in [-0.3, -0.25) is 9.69 Å². The molecule has 0 aliphatic carbocycles. The van der Waals surface area contributed by atoms with Crippen molar-refractivity contribution in [2.75, 3.05) is 29.9 Å². The van der Waals surface area contributed by atoms with Crippen LogP contribution >= 0.6 is 11.8 Å². The van der Waals surface area contributed by atoms with Crippen molar-refractivity contribution in [3.05, 3.63) is 71.7 Å². The Morgan fingerprint density at radius 2 is 2.07 bits per heavy atom. The van der Waals surface area contributed by atoms with E-state index in [4.69, 9.17) is 0 Å². The highest BCUT2D eigenvalue weighted by Gasteiger charge is 2.13. The second-order valence-corrected chi connectivity index (χ2v) is 8.07. The smallest absolute Gasteiger partial charge is 0.257 e. The summed E-state index contributed by atoms with van der Waals surface area (Å²) < 4.78 is 1.66. The number of aryl methyl sites for hydroxylation is 1. The molecule has 1 aliphatic heterocycles. The van der Waals surface area contributed by atoms with E-state index < -0.39 is 0 Å². The van der Waals surface area contributed by atoms with Gasteiger partial charge in [0.2, 0.25) is 0 Å². The number of nitrogens with one attached hydrogen (secondary N) is 1. The van der Waals surface area contributed by atoms with E-state index in [0.29, 0.717) is 11.4 Å². The first-order valence-electron chi connectivity index (χ1n) is 9.36. The van der Waals surface area contributed by atoms with Gasteiger partial charge in [-0.25, -0.2) is 9.67 Å². The van der Waals surface area contributed by atoms with E-state index in [-0.39, 0.29) is 5.91 Å². The quantitative estimate of drug-likeness (QED) is 0.720. The fourth-order valence-electron chi connectivity index (χ4n) is 3.24. The number of benzene rings is 1. The topological polar surface area (TPSA) is 63.1 Å². The number of aromatic nitrogens is 3. The standard InChI is InChI=1S/C21H23N5OS/c1-16-13-17(15-25-9-11-28-12-10-25)3-5-19(16)24-21(27)18-4-6-20(22-14-18)26-8-2-7-23-26/h2-8,13-14H,9-12,15H2,1H3,(H,24,27). The maximum atomic E-state index is 12.6. The number of hydrogen-bond donors (Lipinski definition) is 1. The van der Waals surface area contributed by atoms with Crippen LogP contribution in [0, 0.1) is 6.92 Å². The molecule has 6 nitrogen and oxygen atoms in total. The molecule has 28 heavy (non-hydrogen) atoms. The van der Waals surface area contributed by atoms with Gasteiger partial charge in [0.05, 0.1) is 5.56 Å². The molecular weight excluding hydrogens is 370 g/mol. The Labute approximate surface area is 169 Å². The monoisotopic (exact) mass is 393 g/mol. The maximum absolute atomic E-state index is 12.6. The third-order valence-electron chi connectivity index (χ3n) is 4.80. The molecule has 144 valence electrons. The fraction of sp³-hybridized carbons (Fsp3) is 0.286. The number of carbonyl (C=O) groups is 1. The van der Waals surface area contributed by atoms with Crippen LogP contribution in [0.1, 0.15) is 21.5 Å². The van der Waals surface area contributed by atoms with Crippen molar-refractivity contribution in [1.82, 2.24) is 19.7 Å². The highest BCUT2D eigenvalue weighted by atomic mass is 32.2. The van der Waals surface area contributed by atoms with E-state index in [1.807, 2.05) is 37.0 Å². The summed E-state index contributed by atoms with van der Waals surface area (Å²) in [4.78, 5) is 19.4. The van der Waals surface area contributed by atoms with Gasteiger partial charge in [-0.05, 0) is 42.3 Å². The highest BCUT2D eigenvalue weighted by molar-refractivity contribution is 7.99. The predicted octanol–water partition coefficient (Wildman–Crippen LogP) is 3.38. The molecule has 0 atom stereocenters. The van der Waals surface area contributed by atoms with E-state index in [1.54, 1.807) is 29.2 Å². The van der Waals surface area contributed by atoms with Gasteiger partial charge >= 0.3 is 0 Å². The Morgan fingerprint density at radius 3 is 2.75 bits per heavy atom. The lowest BCUT2D eigenvalue weighted by molar-refractivity contribution is 0.102. The molecule has 3 aromatic rings. The molecule has 1 aliphatic rings. The fourth-order valence-corrected chi connectivity index (χ4v) is 4.22. The van der Waals surface area contributed by atoms with Gasteiger partial charge in [-0.2, -0.15) is 16.9 Å². The molecule has 1 fully saturated rings. The molecule has 0 radical (unpaired) electrons. The van der Waals surface area contributed by atoms with E-state index in [2.05, 4.69) is 32.4 Å². The largest absolute Gasteiger partial charge is 0.322 e. The molecule has 0 spiro atoms. The number of hydrogen-bond acceptors (Lipinski definition) is 5. The third kappa shape index (κ3) is 4.43. The Balaban J connectivity index is 1.41. The third-order valence-corrected chi connectivity index (χ3v) is 5.74. The first-order chi connectivity index (χ1) is 13.7. The number of nitrogens with zero attached hydrogens (tertiary/aromatic N) is 4. The molecule has 0 saturated carbocycles. The number of rotatable bonds is 5. The van der Waals surface area contributed by atoms with Crippen LogP contribution in [-0.4, -0.2) is 50.2 Å². The zero-order chi connectivity index (χ0) is 19.3. The number of thioether (sulfide) groups is 1. The molecular formula is C21H23N5OS. The summed E-state index contributed by atoms with van der Waals surface area (Å²) in [7, 11) is 0. The lowest BCUT2D eigenvalue weighted by atomic mass is 10.1. The van der Waals surface area contributed by atoms with Gasteiger partial charge in [0.25, 0.3) is 5.91 Å². The lowest BCUT2D eigenvalue weighted by Crippen LogP contribution is -2.31. The summed E-state index contributed by atoms with van der Waals surface area (Å²) in [6.07, 6.45) is 5.08. The minimum Gasteiger partial charge on any atom is -0.322 e. The van der Waals surface area contributed by atoms with Crippen LogP contribution in [0.3, 0.4) is 0 Å². The average molecular weight is 394 g/mol. The van der Waals surface area contributed by atoms with E-state index in [9.17, 15) is 4.79 Å². The Hall–Kier alpha value is -2.64. The summed E-state index contributed by atoms with van der Waals surface area (Å²) in [5.41, 5.74) is 3.70. The normalized spacial score (nSPS) is 14.8. The summed E-state index contributed by atoms with van der Waals surface area (Å²) in [5.74, 6) is 2.93. The number of pyridine rings is 1. The van der Waals surface area contributed by atoms with Crippen LogP contribution in [0.4, 0.5) is 5.69 Å². The van der Waals surface area contributed by atoms with Gasteiger partial charge in [-0.15, -0.1) is 0 Å². The van der Waals surface area contributed by atoms with Crippen LogP contribution in [0.15, 0.2) is 55.0 Å². The highest BCUT2D eigenvalue weighted by Crippen LogP contribution is 2.20. The second-order valence-electron chi connectivity index (χ2n) is 6.85. The first-order valence-corrected chi connectivity index (χ1v) is 10.5. The summed E-state index contributed by atoms with van der Waals surface area (Å²) >= 11 is 2.02. The van der Waals surface area contributed by atoms with Crippen molar-refractivity contribution in [1.29, 1.82) is 0 Å². The molecule has 1 N–H and O–H groups in total. The Kier molecular flexibility index (Phi) is 5.73. The Bertz CT molecular complexity index is 934. The summed E-state index contributed by atoms with van der Waals surface area (Å²) in [6, 6.07) is 11.6. The molecule has 2 aromatic heterocycles. The van der Waals surface area contributed by atoms with Crippen molar-refractivity contribution in [2.45, 2.75) is 13.5 Å². The van der Waals surface area contributed by atoms with Crippen LogP contribution in [0.25, 0.3) is 5.82 Å².